The van der Waals surface area contributed by atoms with Crippen LogP contribution in [0.3, 0.4) is 0 Å². The minimum absolute atomic E-state index is 0.00777. The van der Waals surface area contributed by atoms with Crippen LogP contribution in [0.1, 0.15) is 37.3 Å². The topological polar surface area (TPSA) is 106 Å². The van der Waals surface area contributed by atoms with Crippen LogP contribution in [-0.2, 0) is 11.2 Å². The van der Waals surface area contributed by atoms with Gasteiger partial charge in [-0.25, -0.2) is 0 Å². The van der Waals surface area contributed by atoms with Gasteiger partial charge in [-0.1, -0.05) is 31.6 Å². The Hall–Kier alpha value is -4.05. The molecule has 1 amide bonds. The van der Waals surface area contributed by atoms with Gasteiger partial charge >= 0.3 is 0 Å². The molecule has 0 unspecified atom stereocenters. The average Bonchev–Trinajstić information content (AvgIpc) is 3.36. The number of aliphatic imine (C=N–C) groups is 1. The van der Waals surface area contributed by atoms with Gasteiger partial charge in [0, 0.05) is 0 Å². The molecule has 2 aliphatic rings. The number of amides is 1. The molecule has 0 atom stereocenters. The molecular formula is C29H32N4O5S. The summed E-state index contributed by atoms with van der Waals surface area (Å²) in [4.78, 5) is 16.9. The zero-order chi connectivity index (χ0) is 27.8. The smallest absolute Gasteiger partial charge is 0.283 e. The standard InChI is InChI=1S/C29H32N4O5S/c1-5-7-9-26-32-33-27(30)21(28(34)31-29(33)39-26)16-20-11-13-23(25(18-20)36-4)38-15-14-37-22-12-10-19(8-6-2)17-24(22)35-3/h6,10-13,16-18,30H,2,5,7-9,14-15H2,1,3-4H3/b21-16+,30-27?. The quantitative estimate of drug-likeness (QED) is 0.194. The van der Waals surface area contributed by atoms with E-state index >= 15 is 0 Å². The number of hydrazone groups is 1. The molecule has 0 radical (unpaired) electrons. The maximum atomic E-state index is 12.7. The number of hydrogen-bond donors (Lipinski definition) is 1. The molecule has 2 aromatic carbocycles. The van der Waals surface area contributed by atoms with Crippen molar-refractivity contribution in [1.82, 2.24) is 5.01 Å². The van der Waals surface area contributed by atoms with Crippen molar-refractivity contribution in [1.29, 1.82) is 5.41 Å². The Kier molecular flexibility index (Phi) is 9.43. The van der Waals surface area contributed by atoms with Gasteiger partial charge in [-0.2, -0.15) is 15.1 Å². The minimum atomic E-state index is -0.463. The van der Waals surface area contributed by atoms with Crippen LogP contribution in [0, 0.1) is 5.41 Å². The number of hydrogen-bond acceptors (Lipinski definition) is 8. The first kappa shape index (κ1) is 28.0. The first-order chi connectivity index (χ1) is 19.0. The van der Waals surface area contributed by atoms with Crippen LogP contribution >= 0.6 is 11.8 Å². The number of methoxy groups -OCH3 is 2. The van der Waals surface area contributed by atoms with E-state index in [2.05, 4.69) is 23.6 Å². The number of rotatable bonds is 13. The highest BCUT2D eigenvalue weighted by Crippen LogP contribution is 2.33. The number of amidine groups is 2. The lowest BCUT2D eigenvalue weighted by Gasteiger charge is -2.20. The Morgan fingerprint density at radius 2 is 1.72 bits per heavy atom. The monoisotopic (exact) mass is 548 g/mol. The van der Waals surface area contributed by atoms with Gasteiger partial charge in [0.05, 0.1) is 19.8 Å². The molecule has 10 heteroatoms. The lowest BCUT2D eigenvalue weighted by Crippen LogP contribution is -2.35. The van der Waals surface area contributed by atoms with E-state index in [4.69, 9.17) is 24.4 Å². The maximum absolute atomic E-state index is 12.7. The predicted molar refractivity (Wildman–Crippen MR) is 155 cm³/mol. The molecule has 9 nitrogen and oxygen atoms in total. The molecule has 4 rings (SSSR count). The van der Waals surface area contributed by atoms with Crippen LogP contribution < -0.4 is 18.9 Å². The van der Waals surface area contributed by atoms with Gasteiger partial charge < -0.3 is 18.9 Å². The molecule has 2 aliphatic heterocycles. The van der Waals surface area contributed by atoms with Crippen molar-refractivity contribution >= 4 is 39.8 Å². The second kappa shape index (κ2) is 13.1. The summed E-state index contributed by atoms with van der Waals surface area (Å²) in [6.45, 7) is 6.45. The van der Waals surface area contributed by atoms with E-state index in [-0.39, 0.29) is 18.0 Å². The Morgan fingerprint density at radius 1 is 1.03 bits per heavy atom. The number of carbonyl (C=O) groups excluding carboxylic acids is 1. The van der Waals surface area contributed by atoms with Gasteiger partial charge in [-0.05, 0) is 72.5 Å². The summed E-state index contributed by atoms with van der Waals surface area (Å²) < 4.78 is 22.7. The molecule has 39 heavy (non-hydrogen) atoms. The summed E-state index contributed by atoms with van der Waals surface area (Å²) in [6, 6.07) is 11.1. The number of fused-ring (bicyclic) bond motifs is 1. The van der Waals surface area contributed by atoms with E-state index in [1.165, 1.54) is 16.8 Å². The molecular weight excluding hydrogens is 516 g/mol. The van der Waals surface area contributed by atoms with E-state index in [1.54, 1.807) is 38.5 Å². The highest BCUT2D eigenvalue weighted by Gasteiger charge is 2.35. The molecule has 2 aromatic rings. The summed E-state index contributed by atoms with van der Waals surface area (Å²) in [5, 5.41) is 15.8. The average molecular weight is 549 g/mol. The number of benzene rings is 2. The van der Waals surface area contributed by atoms with Gasteiger partial charge in [0.15, 0.2) is 28.8 Å². The number of carbonyl (C=O) groups is 1. The van der Waals surface area contributed by atoms with Crippen LogP contribution in [0.15, 0.2) is 64.7 Å². The number of ether oxygens (including phenoxy) is 4. The van der Waals surface area contributed by atoms with Crippen molar-refractivity contribution in [2.75, 3.05) is 27.4 Å². The number of nitrogens with one attached hydrogen (secondary N) is 1. The van der Waals surface area contributed by atoms with Gasteiger partial charge in [0.25, 0.3) is 5.91 Å². The largest absolute Gasteiger partial charge is 0.493 e. The zero-order valence-corrected chi connectivity index (χ0v) is 23.2. The molecule has 0 saturated carbocycles. The molecule has 0 aromatic heterocycles. The first-order valence-electron chi connectivity index (χ1n) is 12.7. The van der Waals surface area contributed by atoms with E-state index in [9.17, 15) is 4.79 Å². The van der Waals surface area contributed by atoms with E-state index in [1.807, 2.05) is 24.3 Å². The zero-order valence-electron chi connectivity index (χ0n) is 22.4. The molecule has 0 fully saturated rings. The third-order valence-electron chi connectivity index (χ3n) is 5.95. The summed E-state index contributed by atoms with van der Waals surface area (Å²) >= 11 is 1.35. The van der Waals surface area contributed by atoms with E-state index in [0.717, 1.165) is 36.3 Å². The van der Waals surface area contributed by atoms with Crippen LogP contribution in [0.25, 0.3) is 6.08 Å². The van der Waals surface area contributed by atoms with Crippen LogP contribution in [0.2, 0.25) is 0 Å². The van der Waals surface area contributed by atoms with Crippen LogP contribution in [0.4, 0.5) is 0 Å². The third-order valence-corrected chi connectivity index (χ3v) is 6.91. The van der Waals surface area contributed by atoms with Crippen molar-refractivity contribution in [2.24, 2.45) is 10.1 Å². The number of allylic oxidation sites excluding steroid dienone is 1. The van der Waals surface area contributed by atoms with Crippen molar-refractivity contribution in [2.45, 2.75) is 32.6 Å². The molecule has 0 spiro atoms. The Labute approximate surface area is 232 Å². The Morgan fingerprint density at radius 3 is 2.38 bits per heavy atom. The maximum Gasteiger partial charge on any atom is 0.283 e. The fourth-order valence-electron chi connectivity index (χ4n) is 3.95. The fraction of sp³-hybridized carbons (Fsp3) is 0.310. The lowest BCUT2D eigenvalue weighted by molar-refractivity contribution is -0.114. The predicted octanol–water partition coefficient (Wildman–Crippen LogP) is 5.70. The molecule has 0 saturated heterocycles. The molecule has 0 bridgehead atoms. The molecule has 1 N–H and O–H groups in total. The Balaban J connectivity index is 1.40. The SMILES string of the molecule is C=CCc1ccc(OCCOc2ccc(/C=C3\C(=N)N4N=C(CCCC)SC4=NC3=O)cc2OC)c(OC)c1. The molecule has 2 heterocycles. The van der Waals surface area contributed by atoms with Crippen molar-refractivity contribution in [3.63, 3.8) is 0 Å². The van der Waals surface area contributed by atoms with Gasteiger partial charge in [-0.15, -0.1) is 6.58 Å². The normalized spacial score (nSPS) is 15.6. The summed E-state index contributed by atoms with van der Waals surface area (Å²) in [5.74, 6) is 1.85. The van der Waals surface area contributed by atoms with Gasteiger partial charge in [0.2, 0.25) is 5.17 Å². The van der Waals surface area contributed by atoms with Crippen molar-refractivity contribution in [3.8, 4) is 23.0 Å². The van der Waals surface area contributed by atoms with Gasteiger partial charge in [-0.3, -0.25) is 10.2 Å². The van der Waals surface area contributed by atoms with Gasteiger partial charge in [0.1, 0.15) is 18.3 Å². The second-order valence-corrected chi connectivity index (χ2v) is 9.74. The summed E-state index contributed by atoms with van der Waals surface area (Å²) in [7, 11) is 3.15. The Bertz CT molecular complexity index is 1350. The van der Waals surface area contributed by atoms with Crippen molar-refractivity contribution < 1.29 is 23.7 Å². The second-order valence-electron chi connectivity index (χ2n) is 8.70. The van der Waals surface area contributed by atoms with Crippen molar-refractivity contribution in [3.05, 3.63) is 65.8 Å². The molecule has 0 aliphatic carbocycles. The fourth-order valence-corrected chi connectivity index (χ4v) is 4.88. The number of unbranched alkanes of at least 4 members (excludes halogenated alkanes) is 1. The van der Waals surface area contributed by atoms with E-state index in [0.29, 0.717) is 40.3 Å². The number of nitrogens with zero attached hydrogens (tertiary/aromatic N) is 3. The van der Waals surface area contributed by atoms with E-state index < -0.39 is 5.91 Å². The first-order valence-corrected chi connectivity index (χ1v) is 13.5. The van der Waals surface area contributed by atoms with Crippen LogP contribution in [0.5, 0.6) is 23.0 Å². The highest BCUT2D eigenvalue weighted by molar-refractivity contribution is 8.26. The summed E-state index contributed by atoms with van der Waals surface area (Å²) in [5.41, 5.74) is 1.93. The highest BCUT2D eigenvalue weighted by atomic mass is 32.2. The molecule has 204 valence electrons. The summed E-state index contributed by atoms with van der Waals surface area (Å²) in [6.07, 6.45) is 7.05. The lowest BCUT2D eigenvalue weighted by atomic mass is 10.1. The third kappa shape index (κ3) is 6.69. The number of thioether (sulfide) groups is 1. The minimum Gasteiger partial charge on any atom is -0.493 e. The van der Waals surface area contributed by atoms with Crippen LogP contribution in [-0.4, -0.2) is 54.4 Å².